The number of nitrogens with one attached hydrogen (secondary N) is 2. The molecule has 1 aromatic carbocycles. The monoisotopic (exact) mass is 304 g/mol. The Morgan fingerprint density at radius 1 is 1.33 bits per heavy atom. The molecule has 1 aromatic rings. The fraction of sp³-hybridized carbons (Fsp3) is 0.333. The number of carbonyl (C=O) groups excluding carboxylic acids is 2. The first-order valence-corrected chi connectivity index (χ1v) is 5.81. The number of hydrogen-bond donors (Lipinski definition) is 2. The summed E-state index contributed by atoms with van der Waals surface area (Å²) in [4.78, 5) is 23.0. The average Bonchev–Trinajstić information content (AvgIpc) is 2.38. The SMILES string of the molecule is COC(=O)c1cc2c(c(OC(F)(F)F)c1)NC(C)C(=O)N2. The van der Waals surface area contributed by atoms with Gasteiger partial charge in [0.15, 0.2) is 5.75 Å². The molecule has 2 rings (SSSR count). The van der Waals surface area contributed by atoms with Crippen molar-refractivity contribution < 1.29 is 32.2 Å². The maximum atomic E-state index is 12.4. The van der Waals surface area contributed by atoms with E-state index in [9.17, 15) is 22.8 Å². The number of fused-ring (bicyclic) bond motifs is 1. The second kappa shape index (κ2) is 5.15. The molecule has 1 aliphatic heterocycles. The number of anilines is 2. The smallest absolute Gasteiger partial charge is 0.465 e. The number of halogens is 3. The molecule has 1 amide bonds. The van der Waals surface area contributed by atoms with Crippen molar-refractivity contribution in [1.82, 2.24) is 0 Å². The fourth-order valence-electron chi connectivity index (χ4n) is 1.83. The predicted molar refractivity (Wildman–Crippen MR) is 66.2 cm³/mol. The van der Waals surface area contributed by atoms with E-state index in [-0.39, 0.29) is 16.9 Å². The van der Waals surface area contributed by atoms with E-state index in [4.69, 9.17) is 0 Å². The molecule has 0 saturated carbocycles. The van der Waals surface area contributed by atoms with Gasteiger partial charge in [0.25, 0.3) is 0 Å². The van der Waals surface area contributed by atoms with Crippen molar-refractivity contribution in [2.75, 3.05) is 17.7 Å². The Bertz CT molecular complexity index is 601. The summed E-state index contributed by atoms with van der Waals surface area (Å²) < 4.78 is 45.7. The number of benzene rings is 1. The highest BCUT2D eigenvalue weighted by atomic mass is 19.4. The predicted octanol–water partition coefficient (Wildman–Crippen LogP) is 2.12. The van der Waals surface area contributed by atoms with E-state index in [1.54, 1.807) is 0 Å². The standard InChI is InChI=1S/C12H11F3N2O4/c1-5-10(18)17-7-3-6(11(19)20-2)4-8(9(7)16-5)21-12(13,14)15/h3-5,16H,1-2H3,(H,17,18). The molecule has 0 aromatic heterocycles. The molecule has 21 heavy (non-hydrogen) atoms. The quantitative estimate of drug-likeness (QED) is 0.819. The van der Waals surface area contributed by atoms with Crippen molar-refractivity contribution in [3.05, 3.63) is 17.7 Å². The molecule has 6 nitrogen and oxygen atoms in total. The molecule has 2 N–H and O–H groups in total. The van der Waals surface area contributed by atoms with Gasteiger partial charge < -0.3 is 20.1 Å². The summed E-state index contributed by atoms with van der Waals surface area (Å²) >= 11 is 0. The fourth-order valence-corrected chi connectivity index (χ4v) is 1.83. The molecular formula is C12H11F3N2O4. The van der Waals surface area contributed by atoms with E-state index in [1.807, 2.05) is 0 Å². The zero-order valence-corrected chi connectivity index (χ0v) is 11.0. The third-order valence-corrected chi connectivity index (χ3v) is 2.76. The average molecular weight is 304 g/mol. The second-order valence-electron chi connectivity index (χ2n) is 4.29. The van der Waals surface area contributed by atoms with Gasteiger partial charge in [-0.3, -0.25) is 4.79 Å². The molecule has 1 aliphatic rings. The van der Waals surface area contributed by atoms with Gasteiger partial charge in [-0.2, -0.15) is 0 Å². The Morgan fingerprint density at radius 2 is 2.00 bits per heavy atom. The van der Waals surface area contributed by atoms with Crippen molar-refractivity contribution >= 4 is 23.3 Å². The van der Waals surface area contributed by atoms with Crippen LogP contribution in [-0.4, -0.2) is 31.4 Å². The maximum Gasteiger partial charge on any atom is 0.573 e. The van der Waals surface area contributed by atoms with Gasteiger partial charge in [0.2, 0.25) is 5.91 Å². The number of esters is 1. The van der Waals surface area contributed by atoms with E-state index in [2.05, 4.69) is 20.1 Å². The Labute approximate surface area is 117 Å². The minimum atomic E-state index is -4.94. The van der Waals surface area contributed by atoms with E-state index >= 15 is 0 Å². The lowest BCUT2D eigenvalue weighted by Crippen LogP contribution is -2.37. The number of hydrogen-bond acceptors (Lipinski definition) is 5. The summed E-state index contributed by atoms with van der Waals surface area (Å²) in [5.74, 6) is -1.91. The molecule has 0 saturated heterocycles. The summed E-state index contributed by atoms with van der Waals surface area (Å²) in [6.07, 6.45) is -4.94. The van der Waals surface area contributed by atoms with E-state index in [0.717, 1.165) is 13.2 Å². The third-order valence-electron chi connectivity index (χ3n) is 2.76. The van der Waals surface area contributed by atoms with Crippen molar-refractivity contribution in [2.24, 2.45) is 0 Å². The van der Waals surface area contributed by atoms with Crippen molar-refractivity contribution in [2.45, 2.75) is 19.3 Å². The minimum Gasteiger partial charge on any atom is -0.465 e. The lowest BCUT2D eigenvalue weighted by Gasteiger charge is -2.27. The first-order chi connectivity index (χ1) is 9.71. The van der Waals surface area contributed by atoms with Crippen LogP contribution in [0.3, 0.4) is 0 Å². The molecule has 0 fully saturated rings. The molecule has 9 heteroatoms. The van der Waals surface area contributed by atoms with Gasteiger partial charge in [-0.05, 0) is 19.1 Å². The van der Waals surface area contributed by atoms with E-state index < -0.39 is 30.0 Å². The lowest BCUT2D eigenvalue weighted by molar-refractivity contribution is -0.274. The Balaban J connectivity index is 2.53. The molecule has 0 radical (unpaired) electrons. The van der Waals surface area contributed by atoms with Gasteiger partial charge >= 0.3 is 12.3 Å². The van der Waals surface area contributed by atoms with Gasteiger partial charge in [-0.15, -0.1) is 13.2 Å². The van der Waals surface area contributed by atoms with Gasteiger partial charge in [0.1, 0.15) is 11.7 Å². The zero-order chi connectivity index (χ0) is 15.8. The van der Waals surface area contributed by atoms with Gasteiger partial charge in [0.05, 0.1) is 18.4 Å². The molecule has 1 unspecified atom stereocenters. The van der Waals surface area contributed by atoms with E-state index in [0.29, 0.717) is 0 Å². The number of amides is 1. The first kappa shape index (κ1) is 14.9. The molecule has 0 aliphatic carbocycles. The highest BCUT2D eigenvalue weighted by Crippen LogP contribution is 2.40. The normalized spacial score (nSPS) is 17.4. The first-order valence-electron chi connectivity index (χ1n) is 5.81. The maximum absolute atomic E-state index is 12.4. The molecule has 0 bridgehead atoms. The molecule has 1 atom stereocenters. The number of carbonyl (C=O) groups is 2. The summed E-state index contributed by atoms with van der Waals surface area (Å²) in [5, 5.41) is 4.99. The molecule has 0 spiro atoms. The van der Waals surface area contributed by atoms with Crippen molar-refractivity contribution in [3.8, 4) is 5.75 Å². The van der Waals surface area contributed by atoms with E-state index in [1.165, 1.54) is 13.0 Å². The molecular weight excluding hydrogens is 293 g/mol. The van der Waals surface area contributed by atoms with Crippen molar-refractivity contribution in [3.63, 3.8) is 0 Å². The molecule has 1 heterocycles. The largest absolute Gasteiger partial charge is 0.573 e. The Morgan fingerprint density at radius 3 is 2.57 bits per heavy atom. The highest BCUT2D eigenvalue weighted by molar-refractivity contribution is 6.05. The third kappa shape index (κ3) is 3.18. The van der Waals surface area contributed by atoms with Crippen LogP contribution >= 0.6 is 0 Å². The summed E-state index contributed by atoms with van der Waals surface area (Å²) in [6.45, 7) is 1.48. The van der Waals surface area contributed by atoms with Crippen LogP contribution in [-0.2, 0) is 9.53 Å². The van der Waals surface area contributed by atoms with Crippen LogP contribution in [0.15, 0.2) is 12.1 Å². The van der Waals surface area contributed by atoms with Crippen LogP contribution in [0.4, 0.5) is 24.5 Å². The van der Waals surface area contributed by atoms with Gasteiger partial charge in [-0.25, -0.2) is 4.79 Å². The topological polar surface area (TPSA) is 76.7 Å². The Hall–Kier alpha value is -2.45. The number of ether oxygens (including phenoxy) is 2. The summed E-state index contributed by atoms with van der Waals surface area (Å²) in [5.41, 5.74) is -0.209. The molecule has 114 valence electrons. The van der Waals surface area contributed by atoms with Crippen LogP contribution in [0, 0.1) is 0 Å². The number of rotatable bonds is 2. The zero-order valence-electron chi connectivity index (χ0n) is 11.0. The van der Waals surface area contributed by atoms with Gasteiger partial charge in [-0.1, -0.05) is 0 Å². The van der Waals surface area contributed by atoms with Crippen LogP contribution < -0.4 is 15.4 Å². The number of methoxy groups -OCH3 is 1. The van der Waals surface area contributed by atoms with Gasteiger partial charge in [0, 0.05) is 0 Å². The van der Waals surface area contributed by atoms with Crippen LogP contribution in [0.25, 0.3) is 0 Å². The van der Waals surface area contributed by atoms with Crippen LogP contribution in [0.1, 0.15) is 17.3 Å². The van der Waals surface area contributed by atoms with Crippen LogP contribution in [0.2, 0.25) is 0 Å². The highest BCUT2D eigenvalue weighted by Gasteiger charge is 2.35. The number of alkyl halides is 3. The second-order valence-corrected chi connectivity index (χ2v) is 4.29. The van der Waals surface area contributed by atoms with Crippen LogP contribution in [0.5, 0.6) is 5.75 Å². The summed E-state index contributed by atoms with van der Waals surface area (Å²) in [7, 11) is 1.09. The lowest BCUT2D eigenvalue weighted by atomic mass is 10.1. The Kier molecular flexibility index (Phi) is 3.67. The van der Waals surface area contributed by atoms with Crippen molar-refractivity contribution in [1.29, 1.82) is 0 Å². The minimum absolute atomic E-state index is 0.0141. The summed E-state index contributed by atoms with van der Waals surface area (Å²) in [6, 6.07) is 1.37.